The SMILES string of the molecule is Fc1c(-c2cccc3cccc(Cl)c23)ncc2c(N3C[C@H]4CC[C@@H](C3)N4)nc(OCC34CCCN3C(CCl)CC4)nc12. The van der Waals surface area contributed by atoms with E-state index in [9.17, 15) is 0 Å². The molecule has 6 heterocycles. The molecule has 1 N–H and O–H groups in total. The molecule has 2 bridgehead atoms. The number of nitrogens with one attached hydrogen (secondary N) is 1. The number of aromatic nitrogens is 3. The molecule has 0 spiro atoms. The lowest BCUT2D eigenvalue weighted by molar-refractivity contribution is 0.0896. The molecule has 2 unspecified atom stereocenters. The van der Waals surface area contributed by atoms with E-state index in [1.807, 2.05) is 36.4 Å². The predicted molar refractivity (Wildman–Crippen MR) is 165 cm³/mol. The molecule has 10 heteroatoms. The summed E-state index contributed by atoms with van der Waals surface area (Å²) >= 11 is 12.9. The summed E-state index contributed by atoms with van der Waals surface area (Å²) in [7, 11) is 0. The highest BCUT2D eigenvalue weighted by Crippen LogP contribution is 2.43. The molecule has 2 aromatic heterocycles. The van der Waals surface area contributed by atoms with Gasteiger partial charge in [-0.05, 0) is 56.5 Å². The molecule has 4 atom stereocenters. The molecule has 8 rings (SSSR count). The number of alkyl halides is 1. The van der Waals surface area contributed by atoms with E-state index in [0.29, 0.717) is 52.4 Å². The Kier molecular flexibility index (Phi) is 6.67. The fourth-order valence-corrected chi connectivity index (χ4v) is 8.56. The number of halogens is 3. The van der Waals surface area contributed by atoms with Crippen molar-refractivity contribution in [3.05, 3.63) is 53.4 Å². The van der Waals surface area contributed by atoms with Gasteiger partial charge >= 0.3 is 6.01 Å². The first kappa shape index (κ1) is 26.8. The van der Waals surface area contributed by atoms with Crippen LogP contribution < -0.4 is 15.0 Å². The van der Waals surface area contributed by atoms with Crippen molar-refractivity contribution in [1.29, 1.82) is 0 Å². The molecule has 218 valence electrons. The zero-order valence-corrected chi connectivity index (χ0v) is 24.8. The molecule has 4 aliphatic rings. The van der Waals surface area contributed by atoms with Crippen LogP contribution in [0.15, 0.2) is 42.6 Å². The Morgan fingerprint density at radius 2 is 1.86 bits per heavy atom. The second-order valence-corrected chi connectivity index (χ2v) is 13.1. The third-order valence-corrected chi connectivity index (χ3v) is 10.6. The number of hydrogen-bond donors (Lipinski definition) is 1. The molecule has 2 aromatic carbocycles. The Hall–Kier alpha value is -2.78. The Balaban J connectivity index is 1.23. The van der Waals surface area contributed by atoms with Gasteiger partial charge in [-0.1, -0.05) is 41.9 Å². The topological polar surface area (TPSA) is 66.4 Å². The number of piperazine rings is 1. The van der Waals surface area contributed by atoms with Crippen LogP contribution in [0.4, 0.5) is 10.2 Å². The van der Waals surface area contributed by atoms with Crippen molar-refractivity contribution in [2.24, 2.45) is 0 Å². The van der Waals surface area contributed by atoms with Crippen LogP contribution in [0.5, 0.6) is 6.01 Å². The van der Waals surface area contributed by atoms with Crippen molar-refractivity contribution < 1.29 is 9.13 Å². The molecular formula is C32H33Cl2FN6O. The Bertz CT molecular complexity index is 1670. The van der Waals surface area contributed by atoms with Crippen LogP contribution in [0.2, 0.25) is 5.02 Å². The van der Waals surface area contributed by atoms with E-state index in [1.165, 1.54) is 0 Å². The third kappa shape index (κ3) is 4.33. The summed E-state index contributed by atoms with van der Waals surface area (Å²) in [6.07, 6.45) is 8.27. The number of hydrogen-bond acceptors (Lipinski definition) is 7. The van der Waals surface area contributed by atoms with Gasteiger partial charge in [0, 0.05) is 59.3 Å². The minimum Gasteiger partial charge on any atom is -0.461 e. The lowest BCUT2D eigenvalue weighted by Crippen LogP contribution is -2.51. The number of benzene rings is 2. The van der Waals surface area contributed by atoms with Gasteiger partial charge in [0.1, 0.15) is 23.6 Å². The molecule has 4 aliphatic heterocycles. The number of pyridine rings is 1. The van der Waals surface area contributed by atoms with Crippen LogP contribution in [-0.2, 0) is 0 Å². The molecule has 0 aliphatic carbocycles. The lowest BCUT2D eigenvalue weighted by Gasteiger charge is -2.35. The lowest BCUT2D eigenvalue weighted by atomic mass is 9.95. The average Bonchev–Trinajstić information content (AvgIpc) is 3.68. The molecule has 0 radical (unpaired) electrons. The molecule has 4 fully saturated rings. The number of fused-ring (bicyclic) bond motifs is 5. The van der Waals surface area contributed by atoms with Gasteiger partial charge < -0.3 is 15.0 Å². The van der Waals surface area contributed by atoms with Crippen LogP contribution >= 0.6 is 23.2 Å². The van der Waals surface area contributed by atoms with Crippen molar-refractivity contribution in [2.45, 2.75) is 62.2 Å². The highest BCUT2D eigenvalue weighted by molar-refractivity contribution is 6.36. The summed E-state index contributed by atoms with van der Waals surface area (Å²) < 4.78 is 23.1. The minimum absolute atomic E-state index is 0.0617. The van der Waals surface area contributed by atoms with Crippen LogP contribution in [-0.4, -0.2) is 75.6 Å². The van der Waals surface area contributed by atoms with E-state index in [4.69, 9.17) is 37.9 Å². The second-order valence-electron chi connectivity index (χ2n) is 12.4. The fraction of sp³-hybridized carbons (Fsp3) is 0.469. The van der Waals surface area contributed by atoms with Crippen molar-refractivity contribution in [3.63, 3.8) is 0 Å². The zero-order chi connectivity index (χ0) is 28.4. The fourth-order valence-electron chi connectivity index (χ4n) is 7.95. The van der Waals surface area contributed by atoms with E-state index in [1.54, 1.807) is 6.20 Å². The van der Waals surface area contributed by atoms with E-state index in [0.717, 1.165) is 68.9 Å². The summed E-state index contributed by atoms with van der Waals surface area (Å²) in [6.45, 7) is 3.11. The summed E-state index contributed by atoms with van der Waals surface area (Å²) in [5, 5.41) is 6.53. The average molecular weight is 608 g/mol. The maximum Gasteiger partial charge on any atom is 0.319 e. The standard InChI is InChI=1S/C32H33Cl2FN6O/c33-14-22-10-12-32(11-3-13-41(22)32)18-42-31-38-29-24(30(39-31)40-16-20-8-9-21(17-40)37-20)15-36-28(27(29)35)23-6-1-4-19-5-2-7-25(34)26(19)23/h1-2,4-7,15,20-22,37H,3,8-14,16-18H2/t20-,21+,22?,32?. The molecule has 7 nitrogen and oxygen atoms in total. The van der Waals surface area contributed by atoms with Gasteiger partial charge in [0.15, 0.2) is 5.82 Å². The number of anilines is 1. The molecule has 0 saturated carbocycles. The van der Waals surface area contributed by atoms with Gasteiger partial charge in [-0.25, -0.2) is 4.39 Å². The molecule has 4 aromatic rings. The van der Waals surface area contributed by atoms with Crippen molar-refractivity contribution >= 4 is 50.7 Å². The summed E-state index contributed by atoms with van der Waals surface area (Å²) in [6, 6.07) is 12.8. The van der Waals surface area contributed by atoms with Gasteiger partial charge in [0.25, 0.3) is 0 Å². The predicted octanol–water partition coefficient (Wildman–Crippen LogP) is 6.19. The van der Waals surface area contributed by atoms with E-state index >= 15 is 4.39 Å². The summed E-state index contributed by atoms with van der Waals surface area (Å²) in [5.74, 6) is 0.825. The van der Waals surface area contributed by atoms with Crippen molar-refractivity contribution in [1.82, 2.24) is 25.2 Å². The van der Waals surface area contributed by atoms with E-state index in [2.05, 4.69) is 20.1 Å². The third-order valence-electron chi connectivity index (χ3n) is 9.95. The minimum atomic E-state index is -0.491. The number of rotatable bonds is 6. The molecule has 42 heavy (non-hydrogen) atoms. The normalized spacial score (nSPS) is 27.3. The smallest absolute Gasteiger partial charge is 0.319 e. The van der Waals surface area contributed by atoms with Gasteiger partial charge in [-0.15, -0.1) is 11.6 Å². The van der Waals surface area contributed by atoms with E-state index in [-0.39, 0.29) is 22.8 Å². The van der Waals surface area contributed by atoms with E-state index < -0.39 is 5.82 Å². The van der Waals surface area contributed by atoms with Gasteiger partial charge in [-0.2, -0.15) is 9.97 Å². The van der Waals surface area contributed by atoms with Crippen molar-refractivity contribution in [3.8, 4) is 17.3 Å². The van der Waals surface area contributed by atoms with Gasteiger partial charge in [0.05, 0.1) is 10.9 Å². The highest BCUT2D eigenvalue weighted by atomic mass is 35.5. The first-order valence-corrected chi connectivity index (χ1v) is 15.9. The van der Waals surface area contributed by atoms with Gasteiger partial charge in [-0.3, -0.25) is 9.88 Å². The van der Waals surface area contributed by atoms with Crippen LogP contribution in [0.25, 0.3) is 32.9 Å². The van der Waals surface area contributed by atoms with Crippen molar-refractivity contribution in [2.75, 3.05) is 37.0 Å². The van der Waals surface area contributed by atoms with Gasteiger partial charge in [0.2, 0.25) is 0 Å². The number of nitrogens with zero attached hydrogens (tertiary/aromatic N) is 5. The van der Waals surface area contributed by atoms with Crippen LogP contribution in [0.1, 0.15) is 38.5 Å². The first-order valence-electron chi connectivity index (χ1n) is 15.0. The monoisotopic (exact) mass is 606 g/mol. The molecule has 4 saturated heterocycles. The second kappa shape index (κ2) is 10.4. The summed E-state index contributed by atoms with van der Waals surface area (Å²) in [5.41, 5.74) is 1.02. The quantitative estimate of drug-likeness (QED) is 0.262. The highest BCUT2D eigenvalue weighted by Gasteiger charge is 2.49. The molecule has 0 amide bonds. The van der Waals surface area contributed by atoms with Crippen LogP contribution in [0.3, 0.4) is 0 Å². The number of ether oxygens (including phenoxy) is 1. The first-order chi connectivity index (χ1) is 20.5. The maximum absolute atomic E-state index is 16.7. The largest absolute Gasteiger partial charge is 0.461 e. The maximum atomic E-state index is 16.7. The van der Waals surface area contributed by atoms with Crippen LogP contribution in [0, 0.1) is 5.82 Å². The Labute approximate surface area is 254 Å². The summed E-state index contributed by atoms with van der Waals surface area (Å²) in [4.78, 5) is 19.1. The zero-order valence-electron chi connectivity index (χ0n) is 23.3. The molecular weight excluding hydrogens is 574 g/mol. The Morgan fingerprint density at radius 3 is 2.67 bits per heavy atom. The Morgan fingerprint density at radius 1 is 1.05 bits per heavy atom.